The third-order valence-electron chi connectivity index (χ3n) is 2.13. The molecule has 0 atom stereocenters. The summed E-state index contributed by atoms with van der Waals surface area (Å²) < 4.78 is 13.2. The van der Waals surface area contributed by atoms with Crippen molar-refractivity contribution in [2.45, 2.75) is 25.8 Å². The molecule has 0 saturated heterocycles. The Bertz CT molecular complexity index is 481. The van der Waals surface area contributed by atoms with Crippen LogP contribution < -0.4 is 16.8 Å². The highest BCUT2D eigenvalue weighted by Crippen LogP contribution is 2.15. The second-order valence-electron chi connectivity index (χ2n) is 4.77. The van der Waals surface area contributed by atoms with Crippen LogP contribution in [0.1, 0.15) is 30.6 Å². The molecule has 0 radical (unpaired) electrons. The van der Waals surface area contributed by atoms with Crippen molar-refractivity contribution in [1.82, 2.24) is 0 Å². The first-order valence-corrected chi connectivity index (χ1v) is 5.37. The number of carbonyl (C=O) groups is 2. The average Bonchev–Trinajstić information content (AvgIpc) is 2.17. The minimum Gasteiger partial charge on any atom is -0.366 e. The van der Waals surface area contributed by atoms with Gasteiger partial charge in [-0.25, -0.2) is 4.39 Å². The maximum absolute atomic E-state index is 13.2. The molecule has 0 bridgehead atoms. The molecular weight excluding hydrogens is 237 g/mol. The van der Waals surface area contributed by atoms with Crippen LogP contribution in [0, 0.1) is 5.82 Å². The molecule has 1 aromatic carbocycles. The van der Waals surface area contributed by atoms with E-state index in [0.29, 0.717) is 5.69 Å². The Morgan fingerprint density at radius 2 is 2.00 bits per heavy atom. The molecule has 0 unspecified atom stereocenters. The van der Waals surface area contributed by atoms with Gasteiger partial charge in [0.05, 0.1) is 5.56 Å². The molecule has 2 amide bonds. The van der Waals surface area contributed by atoms with Crippen molar-refractivity contribution in [3.63, 3.8) is 0 Å². The quantitative estimate of drug-likeness (QED) is 0.746. The van der Waals surface area contributed by atoms with E-state index in [2.05, 4.69) is 5.32 Å². The fraction of sp³-hybridized carbons (Fsp3) is 0.333. The van der Waals surface area contributed by atoms with Gasteiger partial charge in [-0.15, -0.1) is 0 Å². The Morgan fingerprint density at radius 3 is 2.50 bits per heavy atom. The van der Waals surface area contributed by atoms with Crippen LogP contribution in [-0.2, 0) is 4.79 Å². The van der Waals surface area contributed by atoms with E-state index >= 15 is 0 Å². The number of amides is 2. The van der Waals surface area contributed by atoms with Gasteiger partial charge in [-0.3, -0.25) is 9.59 Å². The van der Waals surface area contributed by atoms with Gasteiger partial charge in [0.2, 0.25) is 5.91 Å². The maximum Gasteiger partial charge on any atom is 0.251 e. The number of hydrogen-bond acceptors (Lipinski definition) is 3. The van der Waals surface area contributed by atoms with E-state index in [0.717, 1.165) is 6.07 Å². The number of carbonyl (C=O) groups excluding carboxylic acids is 2. The Labute approximate surface area is 104 Å². The lowest BCUT2D eigenvalue weighted by Crippen LogP contribution is -2.36. The molecule has 98 valence electrons. The highest BCUT2D eigenvalue weighted by atomic mass is 19.1. The third-order valence-corrected chi connectivity index (χ3v) is 2.13. The molecule has 1 rings (SSSR count). The smallest absolute Gasteiger partial charge is 0.251 e. The van der Waals surface area contributed by atoms with Gasteiger partial charge in [0.1, 0.15) is 5.82 Å². The monoisotopic (exact) mass is 253 g/mol. The summed E-state index contributed by atoms with van der Waals surface area (Å²) in [5.74, 6) is -1.92. The lowest BCUT2D eigenvalue weighted by Gasteiger charge is -2.17. The molecule has 0 aliphatic rings. The molecule has 0 fully saturated rings. The predicted molar refractivity (Wildman–Crippen MR) is 66.4 cm³/mol. The van der Waals surface area contributed by atoms with Crippen molar-refractivity contribution in [2.75, 3.05) is 5.32 Å². The van der Waals surface area contributed by atoms with E-state index < -0.39 is 17.3 Å². The zero-order valence-electron chi connectivity index (χ0n) is 10.3. The van der Waals surface area contributed by atoms with Gasteiger partial charge in [0, 0.05) is 17.6 Å². The highest BCUT2D eigenvalue weighted by molar-refractivity contribution is 5.96. The number of nitrogens with two attached hydrogens (primary N) is 2. The highest BCUT2D eigenvalue weighted by Gasteiger charge is 2.17. The number of anilines is 1. The van der Waals surface area contributed by atoms with Crippen molar-refractivity contribution >= 4 is 17.5 Å². The van der Waals surface area contributed by atoms with Crippen molar-refractivity contribution in [3.8, 4) is 0 Å². The second kappa shape index (κ2) is 5.14. The van der Waals surface area contributed by atoms with Crippen LogP contribution in [-0.4, -0.2) is 17.4 Å². The summed E-state index contributed by atoms with van der Waals surface area (Å²) in [5.41, 5.74) is 10.1. The zero-order valence-corrected chi connectivity index (χ0v) is 10.3. The van der Waals surface area contributed by atoms with Gasteiger partial charge in [-0.2, -0.15) is 0 Å². The van der Waals surface area contributed by atoms with Gasteiger partial charge in [-0.1, -0.05) is 0 Å². The first-order valence-electron chi connectivity index (χ1n) is 5.37. The molecular formula is C12H16FN3O2. The molecule has 0 aliphatic heterocycles. The van der Waals surface area contributed by atoms with Gasteiger partial charge >= 0.3 is 0 Å². The Hall–Kier alpha value is -1.95. The number of nitrogens with one attached hydrogen (secondary N) is 1. The van der Waals surface area contributed by atoms with Gasteiger partial charge in [0.25, 0.3) is 5.91 Å². The molecule has 0 spiro atoms. The Morgan fingerprint density at radius 1 is 1.39 bits per heavy atom. The van der Waals surface area contributed by atoms with Gasteiger partial charge < -0.3 is 16.8 Å². The summed E-state index contributed by atoms with van der Waals surface area (Å²) in [6.07, 6.45) is 0.107. The molecule has 0 heterocycles. The fourth-order valence-electron chi connectivity index (χ4n) is 1.41. The molecule has 0 saturated carbocycles. The van der Waals surface area contributed by atoms with E-state index in [1.54, 1.807) is 13.8 Å². The minimum absolute atomic E-state index is 0.107. The van der Waals surface area contributed by atoms with Crippen molar-refractivity contribution in [2.24, 2.45) is 11.5 Å². The van der Waals surface area contributed by atoms with Crippen LogP contribution in [0.25, 0.3) is 0 Å². The van der Waals surface area contributed by atoms with Crippen molar-refractivity contribution in [3.05, 3.63) is 29.6 Å². The molecule has 0 aliphatic carbocycles. The number of hydrogen-bond donors (Lipinski definition) is 3. The average molecular weight is 253 g/mol. The standard InChI is InChI=1S/C12H16FN3O2/c1-12(2,15)6-10(17)16-7-3-4-9(13)8(5-7)11(14)18/h3-5H,6,15H2,1-2H3,(H2,14,18)(H,16,17). The SMILES string of the molecule is CC(C)(N)CC(=O)Nc1ccc(F)c(C(N)=O)c1. The van der Waals surface area contributed by atoms with E-state index in [4.69, 9.17) is 11.5 Å². The molecule has 5 nitrogen and oxygen atoms in total. The lowest BCUT2D eigenvalue weighted by atomic mass is 10.0. The predicted octanol–water partition coefficient (Wildman–Crippen LogP) is 0.990. The summed E-state index contributed by atoms with van der Waals surface area (Å²) in [4.78, 5) is 22.5. The molecule has 18 heavy (non-hydrogen) atoms. The summed E-state index contributed by atoms with van der Waals surface area (Å²) in [6.45, 7) is 3.43. The van der Waals surface area contributed by atoms with E-state index in [1.165, 1.54) is 12.1 Å². The van der Waals surface area contributed by atoms with Crippen LogP contribution in [0.3, 0.4) is 0 Å². The summed E-state index contributed by atoms with van der Waals surface area (Å²) >= 11 is 0. The number of halogens is 1. The first-order chi connectivity index (χ1) is 8.19. The maximum atomic E-state index is 13.2. The largest absolute Gasteiger partial charge is 0.366 e. The van der Waals surface area contributed by atoms with Crippen molar-refractivity contribution < 1.29 is 14.0 Å². The topological polar surface area (TPSA) is 98.2 Å². The number of rotatable bonds is 4. The summed E-state index contributed by atoms with van der Waals surface area (Å²) in [7, 11) is 0. The second-order valence-corrected chi connectivity index (χ2v) is 4.77. The summed E-state index contributed by atoms with van der Waals surface area (Å²) in [5, 5.41) is 2.53. The summed E-state index contributed by atoms with van der Waals surface area (Å²) in [6, 6.07) is 3.62. The zero-order chi connectivity index (χ0) is 13.9. The van der Waals surface area contributed by atoms with Crippen LogP contribution in [0.2, 0.25) is 0 Å². The number of benzene rings is 1. The Balaban J connectivity index is 2.83. The van der Waals surface area contributed by atoms with Crippen molar-refractivity contribution in [1.29, 1.82) is 0 Å². The van der Waals surface area contributed by atoms with Gasteiger partial charge in [-0.05, 0) is 32.0 Å². The fourth-order valence-corrected chi connectivity index (χ4v) is 1.41. The minimum atomic E-state index is -0.886. The van der Waals surface area contributed by atoms with E-state index in [1.807, 2.05) is 0 Å². The van der Waals surface area contributed by atoms with Gasteiger partial charge in [0.15, 0.2) is 0 Å². The normalized spacial score (nSPS) is 11.1. The third kappa shape index (κ3) is 4.14. The first kappa shape index (κ1) is 14.1. The van der Waals surface area contributed by atoms with Crippen LogP contribution in [0.4, 0.5) is 10.1 Å². The van der Waals surface area contributed by atoms with E-state index in [-0.39, 0.29) is 17.9 Å². The molecule has 1 aromatic rings. The number of primary amides is 1. The van der Waals surface area contributed by atoms with Crippen LogP contribution in [0.15, 0.2) is 18.2 Å². The lowest BCUT2D eigenvalue weighted by molar-refractivity contribution is -0.117. The van der Waals surface area contributed by atoms with Crippen LogP contribution in [0.5, 0.6) is 0 Å². The van der Waals surface area contributed by atoms with Crippen LogP contribution >= 0.6 is 0 Å². The van der Waals surface area contributed by atoms with E-state index in [9.17, 15) is 14.0 Å². The molecule has 6 heteroatoms. The molecule has 5 N–H and O–H groups in total. The Kier molecular flexibility index (Phi) is 4.03. The molecule has 0 aromatic heterocycles.